The van der Waals surface area contributed by atoms with Crippen LogP contribution in [-0.4, -0.2) is 36.7 Å². The maximum absolute atomic E-state index is 11.7. The molecule has 0 aliphatic rings. The molecule has 1 amide bonds. The lowest BCUT2D eigenvalue weighted by molar-refractivity contribution is -0.119. The highest BCUT2D eigenvalue weighted by Crippen LogP contribution is 2.25. The van der Waals surface area contributed by atoms with E-state index in [4.69, 9.17) is 5.73 Å². The number of hydrogen-bond acceptors (Lipinski definition) is 6. The first kappa shape index (κ1) is 15.9. The number of carbonyl (C=O) groups is 1. The van der Waals surface area contributed by atoms with Crippen molar-refractivity contribution in [3.63, 3.8) is 0 Å². The minimum atomic E-state index is -0.534. The second-order valence-corrected chi connectivity index (χ2v) is 5.91. The van der Waals surface area contributed by atoms with E-state index < -0.39 is 11.9 Å². The number of hydrogen-bond donors (Lipinski definition) is 2. The largest absolute Gasteiger partial charge is 0.368 e. The van der Waals surface area contributed by atoms with Gasteiger partial charge >= 0.3 is 0 Å². The topological polar surface area (TPSA) is 112 Å². The third-order valence-corrected chi connectivity index (χ3v) is 3.80. The van der Waals surface area contributed by atoms with E-state index in [-0.39, 0.29) is 5.92 Å². The summed E-state index contributed by atoms with van der Waals surface area (Å²) in [6, 6.07) is 3.12. The number of primary amides is 1. The fourth-order valence-corrected chi connectivity index (χ4v) is 2.48. The molecule has 0 spiro atoms. The third kappa shape index (κ3) is 2.90. The van der Waals surface area contributed by atoms with Crippen LogP contribution in [0.5, 0.6) is 0 Å². The average Bonchev–Trinajstić information content (AvgIpc) is 2.94. The molecule has 3 aromatic rings. The number of aryl methyl sites for hydroxylation is 1. The first-order valence-corrected chi connectivity index (χ1v) is 7.63. The molecule has 3 heterocycles. The van der Waals surface area contributed by atoms with Crippen LogP contribution in [0.3, 0.4) is 0 Å². The van der Waals surface area contributed by atoms with Gasteiger partial charge in [-0.25, -0.2) is 9.97 Å². The van der Waals surface area contributed by atoms with Crippen molar-refractivity contribution in [2.75, 3.05) is 5.32 Å². The van der Waals surface area contributed by atoms with Gasteiger partial charge in [-0.3, -0.25) is 14.5 Å². The number of fused-ring (bicyclic) bond motifs is 1. The quantitative estimate of drug-likeness (QED) is 0.732. The summed E-state index contributed by atoms with van der Waals surface area (Å²) in [4.78, 5) is 24.9. The van der Waals surface area contributed by atoms with Crippen molar-refractivity contribution in [1.29, 1.82) is 0 Å². The van der Waals surface area contributed by atoms with Crippen LogP contribution in [0.15, 0.2) is 30.7 Å². The minimum absolute atomic E-state index is 0.0218. The first-order valence-electron chi connectivity index (χ1n) is 7.63. The van der Waals surface area contributed by atoms with E-state index in [0.29, 0.717) is 17.3 Å². The maximum Gasteiger partial charge on any atom is 0.240 e. The Morgan fingerprint density at radius 1 is 1.25 bits per heavy atom. The number of nitrogens with zero attached hydrogens (tertiary/aromatic N) is 5. The lowest BCUT2D eigenvalue weighted by atomic mass is 10.0. The molecule has 0 saturated heterocycles. The van der Waals surface area contributed by atoms with E-state index in [2.05, 4.69) is 25.4 Å². The number of nitrogens with one attached hydrogen (secondary N) is 1. The normalized spacial score (nSPS) is 12.5. The Kier molecular flexibility index (Phi) is 4.11. The molecule has 0 unspecified atom stereocenters. The summed E-state index contributed by atoms with van der Waals surface area (Å²) in [5.41, 5.74) is 7.01. The molecule has 1 atom stereocenters. The van der Waals surface area contributed by atoms with E-state index in [0.717, 1.165) is 10.9 Å². The van der Waals surface area contributed by atoms with E-state index in [1.807, 2.05) is 33.0 Å². The summed E-state index contributed by atoms with van der Waals surface area (Å²) in [6.45, 7) is 3.85. The Balaban J connectivity index is 2.14. The zero-order chi connectivity index (χ0) is 17.3. The summed E-state index contributed by atoms with van der Waals surface area (Å²) >= 11 is 0. The molecule has 3 aromatic heterocycles. The van der Waals surface area contributed by atoms with Crippen LogP contribution in [0.2, 0.25) is 0 Å². The maximum atomic E-state index is 11.7. The Morgan fingerprint density at radius 3 is 2.58 bits per heavy atom. The summed E-state index contributed by atoms with van der Waals surface area (Å²) in [5.74, 6) is 0.667. The molecule has 8 heteroatoms. The lowest BCUT2D eigenvalue weighted by Gasteiger charge is -2.20. The van der Waals surface area contributed by atoms with Crippen LogP contribution in [0.25, 0.3) is 22.4 Å². The average molecular weight is 325 g/mol. The van der Waals surface area contributed by atoms with E-state index >= 15 is 0 Å². The summed E-state index contributed by atoms with van der Waals surface area (Å²) < 4.78 is 1.67. The van der Waals surface area contributed by atoms with Gasteiger partial charge in [-0.05, 0) is 18.1 Å². The molecule has 0 aliphatic carbocycles. The Morgan fingerprint density at radius 2 is 1.96 bits per heavy atom. The molecule has 0 aliphatic heterocycles. The van der Waals surface area contributed by atoms with E-state index in [9.17, 15) is 4.79 Å². The van der Waals surface area contributed by atoms with Crippen LogP contribution in [0.4, 0.5) is 5.82 Å². The number of amides is 1. The highest BCUT2D eigenvalue weighted by Gasteiger charge is 2.22. The van der Waals surface area contributed by atoms with Crippen molar-refractivity contribution in [2.24, 2.45) is 18.7 Å². The molecule has 3 rings (SSSR count). The van der Waals surface area contributed by atoms with Crippen molar-refractivity contribution >= 4 is 22.8 Å². The van der Waals surface area contributed by atoms with E-state index in [1.165, 1.54) is 0 Å². The zero-order valence-electron chi connectivity index (χ0n) is 13.8. The predicted molar refractivity (Wildman–Crippen MR) is 91.0 cm³/mol. The van der Waals surface area contributed by atoms with Crippen molar-refractivity contribution in [1.82, 2.24) is 24.7 Å². The third-order valence-electron chi connectivity index (χ3n) is 3.80. The number of aromatic nitrogens is 5. The first-order chi connectivity index (χ1) is 11.5. The highest BCUT2D eigenvalue weighted by atomic mass is 16.1. The highest BCUT2D eigenvalue weighted by molar-refractivity contribution is 5.91. The van der Waals surface area contributed by atoms with Gasteiger partial charge < -0.3 is 11.1 Å². The molecule has 0 saturated carbocycles. The number of carbonyl (C=O) groups excluding carboxylic acids is 1. The van der Waals surface area contributed by atoms with Crippen LogP contribution in [0, 0.1) is 5.92 Å². The fraction of sp³-hybridized carbons (Fsp3) is 0.312. The Bertz CT molecular complexity index is 873. The molecule has 124 valence electrons. The van der Waals surface area contributed by atoms with Crippen molar-refractivity contribution in [2.45, 2.75) is 19.9 Å². The fourth-order valence-electron chi connectivity index (χ4n) is 2.48. The number of rotatable bonds is 5. The van der Waals surface area contributed by atoms with Gasteiger partial charge in [-0.1, -0.05) is 13.8 Å². The van der Waals surface area contributed by atoms with Gasteiger partial charge in [0, 0.05) is 25.0 Å². The van der Waals surface area contributed by atoms with E-state index in [1.54, 1.807) is 23.3 Å². The van der Waals surface area contributed by atoms with Crippen LogP contribution >= 0.6 is 0 Å². The van der Waals surface area contributed by atoms with Crippen LogP contribution in [-0.2, 0) is 11.8 Å². The van der Waals surface area contributed by atoms with Gasteiger partial charge in [0.25, 0.3) is 0 Å². The molecular weight excluding hydrogens is 306 g/mol. The molecular formula is C16H19N7O. The van der Waals surface area contributed by atoms with Gasteiger partial charge in [0.1, 0.15) is 11.9 Å². The second-order valence-electron chi connectivity index (χ2n) is 5.91. The van der Waals surface area contributed by atoms with Gasteiger partial charge in [0.2, 0.25) is 5.91 Å². The Hall–Kier alpha value is -3.03. The molecule has 0 aromatic carbocycles. The van der Waals surface area contributed by atoms with Crippen LogP contribution in [0.1, 0.15) is 13.8 Å². The second kappa shape index (κ2) is 6.23. The zero-order valence-corrected chi connectivity index (χ0v) is 13.8. The summed E-state index contributed by atoms with van der Waals surface area (Å²) in [7, 11) is 1.81. The minimum Gasteiger partial charge on any atom is -0.368 e. The smallest absolute Gasteiger partial charge is 0.240 e. The van der Waals surface area contributed by atoms with Gasteiger partial charge in [-0.15, -0.1) is 0 Å². The monoisotopic (exact) mass is 325 g/mol. The van der Waals surface area contributed by atoms with Gasteiger partial charge in [0.05, 0.1) is 11.6 Å². The molecule has 0 bridgehead atoms. The molecule has 24 heavy (non-hydrogen) atoms. The predicted octanol–water partition coefficient (Wildman–Crippen LogP) is 1.35. The SMILES string of the molecule is CC(C)[C@H](Nc1nc(-c2ccncc2)nc2c1cnn2C)C(N)=O. The molecule has 8 nitrogen and oxygen atoms in total. The van der Waals surface area contributed by atoms with Gasteiger partial charge in [0.15, 0.2) is 11.5 Å². The Labute approximate surface area is 139 Å². The lowest BCUT2D eigenvalue weighted by Crippen LogP contribution is -2.39. The number of anilines is 1. The molecule has 0 radical (unpaired) electrons. The molecule has 0 fully saturated rings. The van der Waals surface area contributed by atoms with Gasteiger partial charge in [-0.2, -0.15) is 5.10 Å². The van der Waals surface area contributed by atoms with Crippen LogP contribution < -0.4 is 11.1 Å². The summed E-state index contributed by atoms with van der Waals surface area (Å²) in [5, 5.41) is 8.12. The van der Waals surface area contributed by atoms with Crippen molar-refractivity contribution in [3.05, 3.63) is 30.7 Å². The number of nitrogens with two attached hydrogens (primary N) is 1. The van der Waals surface area contributed by atoms with Crippen molar-refractivity contribution < 1.29 is 4.79 Å². The van der Waals surface area contributed by atoms with Crippen molar-refractivity contribution in [3.8, 4) is 11.4 Å². The summed E-state index contributed by atoms with van der Waals surface area (Å²) in [6.07, 6.45) is 5.03. The molecule has 3 N–H and O–H groups in total. The number of pyridine rings is 1. The standard InChI is InChI=1S/C16H19N7O/c1-9(2)12(13(17)24)20-15-11-8-19-23(3)16(11)22-14(21-15)10-4-6-18-7-5-10/h4-9,12H,1-3H3,(H2,17,24)(H,20,21,22)/t12-/m0/s1.